The molecule has 2 aliphatic heterocycles. The summed E-state index contributed by atoms with van der Waals surface area (Å²) in [6.45, 7) is 2.18. The Morgan fingerprint density at radius 3 is 1.97 bits per heavy atom. The van der Waals surface area contributed by atoms with Crippen molar-refractivity contribution < 1.29 is 14.3 Å². The molecule has 29 heavy (non-hydrogen) atoms. The van der Waals surface area contributed by atoms with Gasteiger partial charge in [-0.25, -0.2) is 0 Å². The van der Waals surface area contributed by atoms with Gasteiger partial charge in [-0.1, -0.05) is 42.5 Å². The van der Waals surface area contributed by atoms with Gasteiger partial charge in [-0.15, -0.1) is 11.3 Å². The van der Waals surface area contributed by atoms with Gasteiger partial charge in [-0.05, 0) is 23.6 Å². The number of benzene rings is 2. The Morgan fingerprint density at radius 2 is 1.38 bits per heavy atom. The Kier molecular flexibility index (Phi) is 4.56. The van der Waals surface area contributed by atoms with Crippen molar-refractivity contribution in [2.45, 2.75) is 5.92 Å². The van der Waals surface area contributed by atoms with Crippen molar-refractivity contribution in [3.63, 3.8) is 0 Å². The maximum Gasteiger partial charge on any atom is 0.264 e. The first-order valence-corrected chi connectivity index (χ1v) is 10.6. The van der Waals surface area contributed by atoms with Crippen molar-refractivity contribution in [1.29, 1.82) is 0 Å². The lowest BCUT2D eigenvalue weighted by atomic mass is 9.86. The van der Waals surface area contributed by atoms with E-state index in [1.165, 1.54) is 11.3 Å². The second-order valence-electron chi connectivity index (χ2n) is 7.21. The van der Waals surface area contributed by atoms with Crippen molar-refractivity contribution in [3.05, 3.63) is 82.0 Å². The van der Waals surface area contributed by atoms with E-state index in [2.05, 4.69) is 0 Å². The molecule has 5 rings (SSSR count). The van der Waals surface area contributed by atoms with Crippen LogP contribution in [0.4, 0.5) is 0 Å². The molecule has 0 spiro atoms. The summed E-state index contributed by atoms with van der Waals surface area (Å²) in [6.07, 6.45) is 0. The molecule has 0 aliphatic carbocycles. The normalized spacial score (nSPS) is 16.0. The number of carbonyl (C=O) groups is 2. The summed E-state index contributed by atoms with van der Waals surface area (Å²) in [5.41, 5.74) is 1.79. The van der Waals surface area contributed by atoms with Gasteiger partial charge >= 0.3 is 0 Å². The lowest BCUT2D eigenvalue weighted by Crippen LogP contribution is -2.51. The monoisotopic (exact) mass is 404 g/mol. The van der Waals surface area contributed by atoms with Crippen molar-refractivity contribution in [2.75, 3.05) is 26.2 Å². The highest BCUT2D eigenvalue weighted by Crippen LogP contribution is 2.44. The molecule has 6 heteroatoms. The maximum absolute atomic E-state index is 13.6. The van der Waals surface area contributed by atoms with Gasteiger partial charge in [0.25, 0.3) is 5.91 Å². The standard InChI is InChI=1S/C23H20N2O3S/c26-22(20-10-5-15-29-20)24-11-13-25(14-12-24)23(27)21-16-6-1-3-8-18(16)28-19-9-4-2-7-17(19)21/h1-10,15,21H,11-14H2. The average molecular weight is 404 g/mol. The quantitative estimate of drug-likeness (QED) is 0.649. The number of piperazine rings is 1. The van der Waals surface area contributed by atoms with Gasteiger partial charge in [-0.2, -0.15) is 0 Å². The highest BCUT2D eigenvalue weighted by molar-refractivity contribution is 7.12. The van der Waals surface area contributed by atoms with Crippen molar-refractivity contribution in [3.8, 4) is 11.5 Å². The fourth-order valence-corrected chi connectivity index (χ4v) is 4.74. The molecule has 0 bridgehead atoms. The summed E-state index contributed by atoms with van der Waals surface area (Å²) in [5.74, 6) is 1.20. The molecule has 0 radical (unpaired) electrons. The number of rotatable bonds is 2. The molecule has 0 saturated carbocycles. The molecule has 2 amide bonds. The van der Waals surface area contributed by atoms with E-state index in [9.17, 15) is 9.59 Å². The zero-order valence-corrected chi connectivity index (χ0v) is 16.6. The van der Waals surface area contributed by atoms with Crippen LogP contribution >= 0.6 is 11.3 Å². The van der Waals surface area contributed by atoms with Crippen LogP contribution in [0, 0.1) is 0 Å². The minimum Gasteiger partial charge on any atom is -0.457 e. The molecule has 1 saturated heterocycles. The van der Waals surface area contributed by atoms with Gasteiger partial charge in [0.2, 0.25) is 5.91 Å². The SMILES string of the molecule is O=C(c1cccs1)N1CCN(C(=O)C2c3ccccc3Oc3ccccc32)CC1. The number of fused-ring (bicyclic) bond motifs is 2. The van der Waals surface area contributed by atoms with Crippen LogP contribution in [0.3, 0.4) is 0 Å². The molecule has 2 aromatic carbocycles. The molecule has 0 atom stereocenters. The second kappa shape index (κ2) is 7.37. The molecule has 146 valence electrons. The summed E-state index contributed by atoms with van der Waals surface area (Å²) >= 11 is 1.45. The van der Waals surface area contributed by atoms with Crippen molar-refractivity contribution >= 4 is 23.2 Å². The average Bonchev–Trinajstić information content (AvgIpc) is 3.31. The third kappa shape index (κ3) is 3.19. The first-order chi connectivity index (χ1) is 14.2. The number of amides is 2. The van der Waals surface area contributed by atoms with E-state index in [1.807, 2.05) is 75.8 Å². The van der Waals surface area contributed by atoms with Crippen LogP contribution in [0.15, 0.2) is 66.0 Å². The topological polar surface area (TPSA) is 49.9 Å². The Hall–Kier alpha value is -3.12. The number of hydrogen-bond acceptors (Lipinski definition) is 4. The van der Waals surface area contributed by atoms with E-state index in [-0.39, 0.29) is 17.7 Å². The highest BCUT2D eigenvalue weighted by Gasteiger charge is 2.36. The van der Waals surface area contributed by atoms with Gasteiger partial charge in [-0.3, -0.25) is 9.59 Å². The number of para-hydroxylation sites is 2. The third-order valence-electron chi connectivity index (χ3n) is 5.54. The van der Waals surface area contributed by atoms with Gasteiger partial charge in [0.15, 0.2) is 0 Å². The molecule has 5 nitrogen and oxygen atoms in total. The second-order valence-corrected chi connectivity index (χ2v) is 8.15. The number of nitrogens with zero attached hydrogens (tertiary/aromatic N) is 2. The maximum atomic E-state index is 13.6. The van der Waals surface area contributed by atoms with Crippen LogP contribution < -0.4 is 4.74 Å². The molecule has 1 fully saturated rings. The molecular weight excluding hydrogens is 384 g/mol. The smallest absolute Gasteiger partial charge is 0.264 e. The minimum absolute atomic E-state index is 0.0499. The Balaban J connectivity index is 1.37. The van der Waals surface area contributed by atoms with Gasteiger partial charge in [0, 0.05) is 37.3 Å². The summed E-state index contributed by atoms with van der Waals surface area (Å²) < 4.78 is 6.01. The number of hydrogen-bond donors (Lipinski definition) is 0. The van der Waals surface area contributed by atoms with Crippen LogP contribution in [0.2, 0.25) is 0 Å². The van der Waals surface area contributed by atoms with Crippen molar-refractivity contribution in [1.82, 2.24) is 9.80 Å². The molecule has 3 heterocycles. The number of carbonyl (C=O) groups excluding carboxylic acids is 2. The molecule has 0 unspecified atom stereocenters. The van der Waals surface area contributed by atoms with E-state index in [0.29, 0.717) is 26.2 Å². The Morgan fingerprint density at radius 1 is 0.793 bits per heavy atom. The Bertz CT molecular complexity index is 1010. The zero-order chi connectivity index (χ0) is 19.8. The predicted molar refractivity (Wildman–Crippen MR) is 112 cm³/mol. The molecular formula is C23H20N2O3S. The summed E-state index contributed by atoms with van der Waals surface area (Å²) in [5, 5.41) is 1.91. The minimum atomic E-state index is -0.379. The lowest BCUT2D eigenvalue weighted by molar-refractivity contribution is -0.133. The van der Waals surface area contributed by atoms with E-state index in [0.717, 1.165) is 27.5 Å². The summed E-state index contributed by atoms with van der Waals surface area (Å²) in [4.78, 5) is 30.6. The van der Waals surface area contributed by atoms with Gasteiger partial charge < -0.3 is 14.5 Å². The summed E-state index contributed by atoms with van der Waals surface area (Å²) in [6, 6.07) is 19.2. The fraction of sp³-hybridized carbons (Fsp3) is 0.217. The molecule has 1 aromatic heterocycles. The fourth-order valence-electron chi connectivity index (χ4n) is 4.04. The first-order valence-electron chi connectivity index (χ1n) is 9.69. The van der Waals surface area contributed by atoms with Crippen LogP contribution in [0.1, 0.15) is 26.7 Å². The van der Waals surface area contributed by atoms with E-state index in [4.69, 9.17) is 4.74 Å². The van der Waals surface area contributed by atoms with E-state index in [1.54, 1.807) is 0 Å². The van der Waals surface area contributed by atoms with Crippen LogP contribution in [0.25, 0.3) is 0 Å². The van der Waals surface area contributed by atoms with E-state index >= 15 is 0 Å². The van der Waals surface area contributed by atoms with Gasteiger partial charge in [0.05, 0.1) is 10.8 Å². The zero-order valence-electron chi connectivity index (χ0n) is 15.8. The number of thiophene rings is 1. The molecule has 2 aliphatic rings. The highest BCUT2D eigenvalue weighted by atomic mass is 32.1. The van der Waals surface area contributed by atoms with Crippen LogP contribution in [-0.2, 0) is 4.79 Å². The summed E-state index contributed by atoms with van der Waals surface area (Å²) in [7, 11) is 0. The number of ether oxygens (including phenoxy) is 1. The van der Waals surface area contributed by atoms with Gasteiger partial charge in [0.1, 0.15) is 11.5 Å². The van der Waals surface area contributed by atoms with Crippen LogP contribution in [-0.4, -0.2) is 47.8 Å². The predicted octanol–water partition coefficient (Wildman–Crippen LogP) is 3.97. The first kappa shape index (κ1) is 17.9. The molecule has 3 aromatic rings. The van der Waals surface area contributed by atoms with Crippen LogP contribution in [0.5, 0.6) is 11.5 Å². The Labute approximate surface area is 173 Å². The third-order valence-corrected chi connectivity index (χ3v) is 6.40. The molecule has 0 N–H and O–H groups in total. The lowest BCUT2D eigenvalue weighted by Gasteiger charge is -2.37. The van der Waals surface area contributed by atoms with Crippen molar-refractivity contribution in [2.24, 2.45) is 0 Å². The largest absolute Gasteiger partial charge is 0.457 e. The van der Waals surface area contributed by atoms with E-state index < -0.39 is 0 Å².